The number of nitrogens with two attached hydrogens (primary N) is 1. The van der Waals surface area contributed by atoms with Gasteiger partial charge in [0.2, 0.25) is 0 Å². The maximum atomic E-state index is 12.2. The summed E-state index contributed by atoms with van der Waals surface area (Å²) >= 11 is 1.69. The molecule has 0 aliphatic heterocycles. The predicted molar refractivity (Wildman–Crippen MR) is 79.9 cm³/mol. The second kappa shape index (κ2) is 5.32. The van der Waals surface area contributed by atoms with E-state index in [0.717, 1.165) is 24.1 Å². The second-order valence-corrected chi connectivity index (χ2v) is 6.35. The normalized spacial score (nSPS) is 14.4. The highest BCUT2D eigenvalue weighted by Gasteiger charge is 2.28. The van der Waals surface area contributed by atoms with Crippen LogP contribution in [0.4, 0.5) is 5.69 Å². The molecule has 0 aromatic carbocycles. The molecule has 0 spiro atoms. The number of rotatable bonds is 5. The molecule has 2 heterocycles. The van der Waals surface area contributed by atoms with Gasteiger partial charge in [0.1, 0.15) is 12.3 Å². The van der Waals surface area contributed by atoms with Crippen LogP contribution in [0.2, 0.25) is 0 Å². The van der Waals surface area contributed by atoms with Gasteiger partial charge in [-0.15, -0.1) is 11.3 Å². The van der Waals surface area contributed by atoms with Crippen molar-refractivity contribution < 1.29 is 9.53 Å². The maximum absolute atomic E-state index is 12.2. The Morgan fingerprint density at radius 2 is 2.20 bits per heavy atom. The molecule has 0 amide bonds. The third kappa shape index (κ3) is 2.72. The predicted octanol–water partition coefficient (Wildman–Crippen LogP) is 3.39. The zero-order valence-corrected chi connectivity index (χ0v) is 12.3. The van der Waals surface area contributed by atoms with Gasteiger partial charge in [0.05, 0.1) is 5.69 Å². The Kier molecular flexibility index (Phi) is 3.53. The first-order chi connectivity index (χ1) is 9.67. The van der Waals surface area contributed by atoms with Gasteiger partial charge in [0.15, 0.2) is 0 Å². The van der Waals surface area contributed by atoms with Gasteiger partial charge >= 0.3 is 5.97 Å². The summed E-state index contributed by atoms with van der Waals surface area (Å²) in [4.78, 5) is 14.6. The molecule has 0 unspecified atom stereocenters. The Labute approximate surface area is 122 Å². The Hall–Kier alpha value is -1.75. The van der Waals surface area contributed by atoms with Crippen LogP contribution in [0.1, 0.15) is 46.0 Å². The fourth-order valence-electron chi connectivity index (χ4n) is 2.22. The van der Waals surface area contributed by atoms with Gasteiger partial charge in [-0.05, 0) is 37.5 Å². The maximum Gasteiger partial charge on any atom is 0.355 e. The number of hydrogen-bond acceptors (Lipinski definition) is 4. The summed E-state index contributed by atoms with van der Waals surface area (Å²) in [5.41, 5.74) is 6.97. The van der Waals surface area contributed by atoms with Crippen molar-refractivity contribution >= 4 is 23.0 Å². The van der Waals surface area contributed by atoms with Crippen molar-refractivity contribution in [1.82, 2.24) is 4.57 Å². The van der Waals surface area contributed by atoms with Crippen LogP contribution in [0.25, 0.3) is 0 Å². The number of esters is 1. The number of thiophene rings is 1. The zero-order valence-electron chi connectivity index (χ0n) is 11.5. The highest BCUT2D eigenvalue weighted by molar-refractivity contribution is 7.11. The van der Waals surface area contributed by atoms with E-state index in [2.05, 4.69) is 13.0 Å². The molecule has 0 saturated heterocycles. The number of ether oxygens (including phenoxy) is 1. The summed E-state index contributed by atoms with van der Waals surface area (Å²) in [7, 11) is 0. The van der Waals surface area contributed by atoms with Crippen LogP contribution in [0.15, 0.2) is 24.4 Å². The van der Waals surface area contributed by atoms with Crippen LogP contribution in [-0.4, -0.2) is 10.5 Å². The molecule has 0 atom stereocenters. The lowest BCUT2D eigenvalue weighted by atomic mass is 10.4. The molecule has 5 heteroatoms. The third-order valence-corrected chi connectivity index (χ3v) is 4.63. The minimum Gasteiger partial charge on any atom is -0.455 e. The van der Waals surface area contributed by atoms with Gasteiger partial charge in [-0.2, -0.15) is 0 Å². The summed E-state index contributed by atoms with van der Waals surface area (Å²) in [5, 5.41) is 0. The van der Waals surface area contributed by atoms with Crippen LogP contribution in [0.5, 0.6) is 0 Å². The van der Waals surface area contributed by atoms with E-state index < -0.39 is 0 Å². The average Bonchev–Trinajstić information content (AvgIpc) is 3.05. The van der Waals surface area contributed by atoms with E-state index in [0.29, 0.717) is 24.0 Å². The lowest BCUT2D eigenvalue weighted by Crippen LogP contribution is -2.10. The molecule has 20 heavy (non-hydrogen) atoms. The molecular formula is C15H18N2O2S. The monoisotopic (exact) mass is 290 g/mol. The van der Waals surface area contributed by atoms with Crippen LogP contribution in [0, 0.1) is 0 Å². The topological polar surface area (TPSA) is 57.2 Å². The van der Waals surface area contributed by atoms with E-state index in [1.54, 1.807) is 17.4 Å². The van der Waals surface area contributed by atoms with Crippen LogP contribution >= 0.6 is 11.3 Å². The Morgan fingerprint density at radius 1 is 1.45 bits per heavy atom. The van der Waals surface area contributed by atoms with Crippen LogP contribution in [-0.2, 0) is 17.8 Å². The molecule has 4 nitrogen and oxygen atoms in total. The summed E-state index contributed by atoms with van der Waals surface area (Å²) in [6.07, 6.45) is 5.06. The summed E-state index contributed by atoms with van der Waals surface area (Å²) in [6, 6.07) is 6.22. The number of carbonyl (C=O) groups excluding carboxylic acids is 1. The number of nitrogen functional groups attached to an aromatic ring is 1. The van der Waals surface area contributed by atoms with E-state index in [1.165, 1.54) is 4.88 Å². The van der Waals surface area contributed by atoms with Crippen molar-refractivity contribution in [3.63, 3.8) is 0 Å². The van der Waals surface area contributed by atoms with Crippen molar-refractivity contribution in [3.8, 4) is 0 Å². The van der Waals surface area contributed by atoms with Crippen LogP contribution in [0.3, 0.4) is 0 Å². The fraction of sp³-hybridized carbons (Fsp3) is 0.400. The van der Waals surface area contributed by atoms with Crippen molar-refractivity contribution in [2.24, 2.45) is 0 Å². The van der Waals surface area contributed by atoms with Gasteiger partial charge < -0.3 is 15.0 Å². The highest BCUT2D eigenvalue weighted by Crippen LogP contribution is 2.37. The molecule has 1 fully saturated rings. The SMILES string of the molecule is CCc1ccc(COC(=O)c2cc(N)cn2C2CC2)s1. The molecule has 1 saturated carbocycles. The first kappa shape index (κ1) is 13.2. The number of aryl methyl sites for hydroxylation is 1. The number of nitrogens with zero attached hydrogens (tertiary/aromatic N) is 1. The van der Waals surface area contributed by atoms with E-state index in [9.17, 15) is 4.79 Å². The zero-order chi connectivity index (χ0) is 14.1. The van der Waals surface area contributed by atoms with E-state index >= 15 is 0 Å². The summed E-state index contributed by atoms with van der Waals surface area (Å²) in [6.45, 7) is 2.45. The Morgan fingerprint density at radius 3 is 2.85 bits per heavy atom. The minimum absolute atomic E-state index is 0.292. The van der Waals surface area contributed by atoms with Crippen molar-refractivity contribution in [3.05, 3.63) is 39.8 Å². The van der Waals surface area contributed by atoms with Crippen molar-refractivity contribution in [1.29, 1.82) is 0 Å². The van der Waals surface area contributed by atoms with Gasteiger partial charge in [0, 0.05) is 22.0 Å². The van der Waals surface area contributed by atoms with Crippen LogP contribution < -0.4 is 5.73 Å². The van der Waals surface area contributed by atoms with Gasteiger partial charge in [-0.25, -0.2) is 4.79 Å². The number of carbonyl (C=O) groups is 1. The fourth-order valence-corrected chi connectivity index (χ4v) is 3.09. The summed E-state index contributed by atoms with van der Waals surface area (Å²) in [5.74, 6) is -0.292. The minimum atomic E-state index is -0.292. The van der Waals surface area contributed by atoms with Crippen molar-refractivity contribution in [2.75, 3.05) is 5.73 Å². The van der Waals surface area contributed by atoms with E-state index in [-0.39, 0.29) is 5.97 Å². The number of aromatic nitrogens is 1. The lowest BCUT2D eigenvalue weighted by molar-refractivity contribution is 0.0464. The number of anilines is 1. The highest BCUT2D eigenvalue weighted by atomic mass is 32.1. The average molecular weight is 290 g/mol. The quantitative estimate of drug-likeness (QED) is 0.859. The smallest absolute Gasteiger partial charge is 0.355 e. The standard InChI is InChI=1S/C15H18N2O2S/c1-2-12-5-6-13(20-12)9-19-15(18)14-7-10(16)8-17(14)11-3-4-11/h5-8,11H,2-4,9,16H2,1H3. The molecule has 1 aliphatic carbocycles. The van der Waals surface area contributed by atoms with Gasteiger partial charge in [-0.1, -0.05) is 6.92 Å². The molecule has 0 radical (unpaired) electrons. The summed E-state index contributed by atoms with van der Waals surface area (Å²) < 4.78 is 7.35. The molecule has 106 valence electrons. The molecule has 0 bridgehead atoms. The van der Waals surface area contributed by atoms with E-state index in [1.807, 2.05) is 16.8 Å². The first-order valence-electron chi connectivity index (χ1n) is 6.89. The van der Waals surface area contributed by atoms with E-state index in [4.69, 9.17) is 10.5 Å². The Bertz CT molecular complexity index is 626. The molecular weight excluding hydrogens is 272 g/mol. The third-order valence-electron chi connectivity index (χ3n) is 3.43. The van der Waals surface area contributed by atoms with Crippen molar-refractivity contribution in [2.45, 2.75) is 38.8 Å². The largest absolute Gasteiger partial charge is 0.455 e. The second-order valence-electron chi connectivity index (χ2n) is 5.09. The first-order valence-corrected chi connectivity index (χ1v) is 7.71. The molecule has 2 N–H and O–H groups in total. The molecule has 2 aromatic heterocycles. The lowest BCUT2D eigenvalue weighted by Gasteiger charge is -2.07. The molecule has 3 rings (SSSR count). The number of hydrogen-bond donors (Lipinski definition) is 1. The Balaban J connectivity index is 1.67. The molecule has 1 aliphatic rings. The molecule has 2 aromatic rings. The van der Waals surface area contributed by atoms with Gasteiger partial charge in [0.25, 0.3) is 0 Å². The van der Waals surface area contributed by atoms with Gasteiger partial charge in [-0.3, -0.25) is 0 Å².